The van der Waals surface area contributed by atoms with Gasteiger partial charge in [0.2, 0.25) is 0 Å². The van der Waals surface area contributed by atoms with Crippen molar-refractivity contribution in [2.24, 2.45) is 0 Å². The second-order valence-corrected chi connectivity index (χ2v) is 4.10. The van der Waals surface area contributed by atoms with Crippen LogP contribution in [0.4, 0.5) is 0 Å². The highest BCUT2D eigenvalue weighted by Gasteiger charge is 2.32. The van der Waals surface area contributed by atoms with Crippen LogP contribution in [0.15, 0.2) is 24.3 Å². The van der Waals surface area contributed by atoms with E-state index in [2.05, 4.69) is 4.18 Å². The molecule has 16 heavy (non-hydrogen) atoms. The van der Waals surface area contributed by atoms with Crippen LogP contribution in [0.1, 0.15) is 5.56 Å². The number of aryl methyl sites for hydroxylation is 1. The third kappa shape index (κ3) is 2.46. The Hall–Kier alpha value is -1.24. The highest BCUT2D eigenvalue weighted by molar-refractivity contribution is 7.75. The minimum atomic E-state index is -1.84. The van der Waals surface area contributed by atoms with E-state index in [0.29, 0.717) is 5.75 Å². The monoisotopic (exact) mass is 242 g/mol. The second-order valence-electron chi connectivity index (χ2n) is 3.26. The number of hydrogen-bond acceptors (Lipinski definition) is 5. The normalized spacial score (nSPS) is 24.3. The number of benzene rings is 1. The van der Waals surface area contributed by atoms with Crippen LogP contribution < -0.4 is 4.74 Å². The van der Waals surface area contributed by atoms with E-state index in [1.807, 2.05) is 19.1 Å². The average molecular weight is 242 g/mol. The summed E-state index contributed by atoms with van der Waals surface area (Å²) in [5, 5.41) is 0. The standard InChI is InChI=1S/C10H10O5S/c1-7-4-2-3-5-8(7)14-10(11)9-6-13-16(12)15-9/h2-5,9H,6H2,1H3. The van der Waals surface area contributed by atoms with Crippen molar-refractivity contribution in [2.75, 3.05) is 6.61 Å². The Balaban J connectivity index is 2.03. The summed E-state index contributed by atoms with van der Waals surface area (Å²) in [4.78, 5) is 11.6. The van der Waals surface area contributed by atoms with Crippen molar-refractivity contribution in [3.63, 3.8) is 0 Å². The molecule has 1 aliphatic rings. The zero-order valence-corrected chi connectivity index (χ0v) is 9.36. The molecule has 5 nitrogen and oxygen atoms in total. The fraction of sp³-hybridized carbons (Fsp3) is 0.300. The van der Waals surface area contributed by atoms with E-state index in [0.717, 1.165) is 5.56 Å². The second kappa shape index (κ2) is 4.73. The average Bonchev–Trinajstić information content (AvgIpc) is 2.68. The van der Waals surface area contributed by atoms with Gasteiger partial charge in [0.05, 0.1) is 0 Å². The number of ether oxygens (including phenoxy) is 1. The molecule has 2 rings (SSSR count). The van der Waals surface area contributed by atoms with Crippen molar-refractivity contribution in [2.45, 2.75) is 13.0 Å². The van der Waals surface area contributed by atoms with Crippen molar-refractivity contribution in [3.8, 4) is 5.75 Å². The molecule has 1 fully saturated rings. The molecule has 1 saturated heterocycles. The zero-order valence-electron chi connectivity index (χ0n) is 8.54. The summed E-state index contributed by atoms with van der Waals surface area (Å²) in [5.74, 6) is -0.131. The minimum absolute atomic E-state index is 0.0443. The van der Waals surface area contributed by atoms with Crippen LogP contribution in [0.2, 0.25) is 0 Å². The lowest BCUT2D eigenvalue weighted by Crippen LogP contribution is -2.27. The highest BCUT2D eigenvalue weighted by Crippen LogP contribution is 2.18. The lowest BCUT2D eigenvalue weighted by Gasteiger charge is -2.08. The smallest absolute Gasteiger partial charge is 0.344 e. The van der Waals surface area contributed by atoms with E-state index >= 15 is 0 Å². The fourth-order valence-corrected chi connectivity index (χ4v) is 1.83. The van der Waals surface area contributed by atoms with Gasteiger partial charge in [0, 0.05) is 0 Å². The summed E-state index contributed by atoms with van der Waals surface area (Å²) < 4.78 is 25.1. The SMILES string of the molecule is Cc1ccccc1OC(=O)C1COS(=O)O1. The predicted octanol–water partition coefficient (Wildman–Crippen LogP) is 0.895. The Bertz CT molecular complexity index is 431. The van der Waals surface area contributed by atoms with Gasteiger partial charge < -0.3 is 4.74 Å². The molecule has 0 radical (unpaired) electrons. The zero-order chi connectivity index (χ0) is 11.5. The Kier molecular flexibility index (Phi) is 3.33. The van der Waals surface area contributed by atoms with E-state index in [-0.39, 0.29) is 6.61 Å². The van der Waals surface area contributed by atoms with Gasteiger partial charge in [-0.15, -0.1) is 0 Å². The van der Waals surface area contributed by atoms with Crippen LogP contribution in [0.3, 0.4) is 0 Å². The summed E-state index contributed by atoms with van der Waals surface area (Å²) in [6.07, 6.45) is -0.916. The van der Waals surface area contributed by atoms with E-state index in [1.54, 1.807) is 12.1 Å². The van der Waals surface area contributed by atoms with Crippen LogP contribution >= 0.6 is 0 Å². The molecule has 0 aliphatic carbocycles. The first-order valence-electron chi connectivity index (χ1n) is 4.66. The van der Waals surface area contributed by atoms with Crippen molar-refractivity contribution < 1.29 is 22.1 Å². The van der Waals surface area contributed by atoms with Gasteiger partial charge >= 0.3 is 17.3 Å². The van der Waals surface area contributed by atoms with Crippen LogP contribution in [0, 0.1) is 6.92 Å². The van der Waals surface area contributed by atoms with Gasteiger partial charge in [-0.2, -0.15) is 4.21 Å². The van der Waals surface area contributed by atoms with Crippen molar-refractivity contribution in [1.29, 1.82) is 0 Å². The summed E-state index contributed by atoms with van der Waals surface area (Å²) in [5.41, 5.74) is 0.843. The Labute approximate surface area is 95.2 Å². The van der Waals surface area contributed by atoms with Gasteiger partial charge in [0.25, 0.3) is 0 Å². The molecule has 0 saturated carbocycles. The summed E-state index contributed by atoms with van der Waals surface area (Å²) in [7, 11) is 0. The maximum absolute atomic E-state index is 11.6. The molecule has 0 N–H and O–H groups in total. The number of esters is 1. The molecule has 0 amide bonds. The summed E-state index contributed by atoms with van der Waals surface area (Å²) >= 11 is -1.84. The van der Waals surface area contributed by atoms with Gasteiger partial charge in [0.1, 0.15) is 12.4 Å². The number of carbonyl (C=O) groups is 1. The molecule has 1 aliphatic heterocycles. The van der Waals surface area contributed by atoms with E-state index in [1.165, 1.54) is 0 Å². The Morgan fingerprint density at radius 2 is 2.25 bits per heavy atom. The first-order chi connectivity index (χ1) is 7.66. The number of rotatable bonds is 2. The molecule has 0 spiro atoms. The molecule has 1 aromatic carbocycles. The lowest BCUT2D eigenvalue weighted by atomic mass is 10.2. The van der Waals surface area contributed by atoms with Gasteiger partial charge in [0.15, 0.2) is 6.10 Å². The number of para-hydroxylation sites is 1. The molecular formula is C10H10O5S. The maximum atomic E-state index is 11.6. The van der Waals surface area contributed by atoms with Gasteiger partial charge in [-0.3, -0.25) is 8.37 Å². The van der Waals surface area contributed by atoms with Gasteiger partial charge in [-0.25, -0.2) is 4.79 Å². The largest absolute Gasteiger partial charge is 0.424 e. The molecule has 2 unspecified atom stereocenters. The molecule has 2 atom stereocenters. The van der Waals surface area contributed by atoms with E-state index in [9.17, 15) is 9.00 Å². The van der Waals surface area contributed by atoms with Gasteiger partial charge in [-0.05, 0) is 18.6 Å². The predicted molar refractivity (Wildman–Crippen MR) is 55.8 cm³/mol. The van der Waals surface area contributed by atoms with Crippen molar-refractivity contribution >= 4 is 17.3 Å². The van der Waals surface area contributed by atoms with Crippen LogP contribution in [0.25, 0.3) is 0 Å². The van der Waals surface area contributed by atoms with E-state index in [4.69, 9.17) is 8.92 Å². The molecule has 1 aromatic rings. The minimum Gasteiger partial charge on any atom is -0.424 e. The van der Waals surface area contributed by atoms with Crippen molar-refractivity contribution in [3.05, 3.63) is 29.8 Å². The van der Waals surface area contributed by atoms with Crippen molar-refractivity contribution in [1.82, 2.24) is 0 Å². The Morgan fingerprint density at radius 3 is 2.88 bits per heavy atom. The summed E-state index contributed by atoms with van der Waals surface area (Å²) in [6.45, 7) is 1.78. The maximum Gasteiger partial charge on any atom is 0.344 e. The number of carbonyl (C=O) groups excluding carboxylic acids is 1. The Morgan fingerprint density at radius 1 is 1.50 bits per heavy atom. The first kappa shape index (κ1) is 11.3. The first-order valence-corrected chi connectivity index (χ1v) is 5.66. The van der Waals surface area contributed by atoms with Gasteiger partial charge in [-0.1, -0.05) is 18.2 Å². The topological polar surface area (TPSA) is 61.8 Å². The lowest BCUT2D eigenvalue weighted by molar-refractivity contribution is -0.141. The van der Waals surface area contributed by atoms with E-state index < -0.39 is 23.4 Å². The fourth-order valence-electron chi connectivity index (χ4n) is 1.22. The quantitative estimate of drug-likeness (QED) is 0.569. The van der Waals surface area contributed by atoms with Crippen LogP contribution in [-0.4, -0.2) is 22.9 Å². The molecule has 1 heterocycles. The number of hydrogen-bond donors (Lipinski definition) is 0. The molecular weight excluding hydrogens is 232 g/mol. The molecule has 6 heteroatoms. The third-order valence-corrected chi connectivity index (χ3v) is 2.80. The molecule has 0 bridgehead atoms. The molecule has 86 valence electrons. The summed E-state index contributed by atoms with van der Waals surface area (Å²) in [6, 6.07) is 7.11. The highest BCUT2D eigenvalue weighted by atomic mass is 32.2. The van der Waals surface area contributed by atoms with Crippen LogP contribution in [-0.2, 0) is 24.5 Å². The third-order valence-electron chi connectivity index (χ3n) is 2.08. The molecule has 0 aromatic heterocycles. The van der Waals surface area contributed by atoms with Crippen LogP contribution in [0.5, 0.6) is 5.75 Å².